The number of hydrogen-bond acceptors (Lipinski definition) is 5. The Labute approximate surface area is 201 Å². The molecule has 2 aromatic rings. The van der Waals surface area contributed by atoms with Gasteiger partial charge >= 0.3 is 5.97 Å². The van der Waals surface area contributed by atoms with Gasteiger partial charge in [-0.25, -0.2) is 0 Å². The molecule has 1 aliphatic carbocycles. The first-order valence-electron chi connectivity index (χ1n) is 11.3. The van der Waals surface area contributed by atoms with Gasteiger partial charge in [-0.05, 0) is 60.9 Å². The van der Waals surface area contributed by atoms with E-state index in [1.807, 2.05) is 19.1 Å². The summed E-state index contributed by atoms with van der Waals surface area (Å²) in [5.41, 5.74) is 1.14. The van der Waals surface area contributed by atoms with Gasteiger partial charge in [0.15, 0.2) is 0 Å². The first-order valence-corrected chi connectivity index (χ1v) is 11.6. The molecule has 2 heterocycles. The van der Waals surface area contributed by atoms with Crippen LogP contribution < -0.4 is 14.5 Å². The highest BCUT2D eigenvalue weighted by Crippen LogP contribution is 2.40. The number of esters is 1. The quantitative estimate of drug-likeness (QED) is 0.287. The normalized spacial score (nSPS) is 26.2. The second-order valence-electron chi connectivity index (χ2n) is 8.96. The number of carbonyl (C=O) groups is 4. The van der Waals surface area contributed by atoms with E-state index >= 15 is 0 Å². The molecule has 0 radical (unpaired) electrons. The number of hydrogen-bond donors (Lipinski definition) is 0. The van der Waals surface area contributed by atoms with Gasteiger partial charge in [0.05, 0.1) is 23.4 Å². The molecule has 0 spiro atoms. The fraction of sp³-hybridized carbons (Fsp3) is 0.308. The van der Waals surface area contributed by atoms with Crippen LogP contribution in [0.25, 0.3) is 0 Å². The maximum absolute atomic E-state index is 12.9. The molecule has 5 rings (SSSR count). The van der Waals surface area contributed by atoms with E-state index in [-0.39, 0.29) is 54.2 Å². The van der Waals surface area contributed by atoms with Crippen molar-refractivity contribution in [3.8, 4) is 5.75 Å². The molecule has 8 heteroatoms. The van der Waals surface area contributed by atoms with Crippen LogP contribution in [0.2, 0.25) is 5.02 Å². The van der Waals surface area contributed by atoms with Crippen molar-refractivity contribution in [1.29, 1.82) is 0 Å². The highest BCUT2D eigenvalue weighted by molar-refractivity contribution is 6.30. The first-order chi connectivity index (χ1) is 16.3. The van der Waals surface area contributed by atoms with Gasteiger partial charge in [0.2, 0.25) is 17.7 Å². The lowest BCUT2D eigenvalue weighted by atomic mass is 9.78. The summed E-state index contributed by atoms with van der Waals surface area (Å²) in [5, 5.41) is 0.567. The molecule has 2 aromatic carbocycles. The van der Waals surface area contributed by atoms with Crippen LogP contribution in [-0.4, -0.2) is 30.2 Å². The number of nitrogens with zero attached hydrogens (tertiary/aromatic N) is 2. The Bertz CT molecular complexity index is 1190. The summed E-state index contributed by atoms with van der Waals surface area (Å²) in [4.78, 5) is 53.7. The number of allylic oxidation sites excluding steroid dienone is 2. The van der Waals surface area contributed by atoms with Crippen LogP contribution in [0.5, 0.6) is 5.75 Å². The van der Waals surface area contributed by atoms with Crippen molar-refractivity contribution < 1.29 is 23.9 Å². The highest BCUT2D eigenvalue weighted by atomic mass is 35.5. The smallest absolute Gasteiger partial charge is 0.316 e. The Kier molecular flexibility index (Phi) is 5.73. The van der Waals surface area contributed by atoms with E-state index in [1.54, 1.807) is 53.4 Å². The Morgan fingerprint density at radius 1 is 0.971 bits per heavy atom. The minimum atomic E-state index is -0.596. The number of halogens is 1. The maximum atomic E-state index is 12.9. The van der Waals surface area contributed by atoms with Crippen LogP contribution >= 0.6 is 11.6 Å². The standard InChI is InChI=1S/C26H23ClN2O5/c1-15-3-2-4-21-23(15)25(32)29(24(21)31)19-9-11-20(12-10-19)34-26(33)16-13-22(30)28(14-16)18-7-5-17(27)6-8-18/h2-3,5-12,15-16,21,23H,4,13-14H2,1H3/t15-,16+,21+,23-/m1/s1. The molecule has 0 aromatic heterocycles. The second kappa shape index (κ2) is 8.72. The van der Waals surface area contributed by atoms with E-state index in [0.717, 1.165) is 0 Å². The summed E-state index contributed by atoms with van der Waals surface area (Å²) in [6.07, 6.45) is 4.58. The van der Waals surface area contributed by atoms with Gasteiger partial charge in [-0.15, -0.1) is 0 Å². The number of amides is 3. The predicted molar refractivity (Wildman–Crippen MR) is 126 cm³/mol. The molecule has 0 unspecified atom stereocenters. The lowest BCUT2D eigenvalue weighted by Gasteiger charge is -2.22. The topological polar surface area (TPSA) is 84.0 Å². The summed E-state index contributed by atoms with van der Waals surface area (Å²) in [6, 6.07) is 13.2. The minimum Gasteiger partial charge on any atom is -0.426 e. The molecule has 0 bridgehead atoms. The molecular formula is C26H23ClN2O5. The molecule has 2 saturated heterocycles. The van der Waals surface area contributed by atoms with Gasteiger partial charge in [-0.3, -0.25) is 24.1 Å². The van der Waals surface area contributed by atoms with Gasteiger partial charge < -0.3 is 9.64 Å². The monoisotopic (exact) mass is 478 g/mol. The van der Waals surface area contributed by atoms with Crippen molar-refractivity contribution >= 4 is 46.7 Å². The maximum Gasteiger partial charge on any atom is 0.316 e. The summed E-state index contributed by atoms with van der Waals surface area (Å²) in [6.45, 7) is 2.18. The van der Waals surface area contributed by atoms with E-state index in [4.69, 9.17) is 16.3 Å². The van der Waals surface area contributed by atoms with Crippen LogP contribution in [0.3, 0.4) is 0 Å². The molecule has 174 valence electrons. The first kappa shape index (κ1) is 22.3. The van der Waals surface area contributed by atoms with E-state index in [9.17, 15) is 19.2 Å². The Morgan fingerprint density at radius 3 is 2.32 bits per heavy atom. The van der Waals surface area contributed by atoms with Crippen molar-refractivity contribution in [2.75, 3.05) is 16.3 Å². The van der Waals surface area contributed by atoms with Crippen molar-refractivity contribution in [2.24, 2.45) is 23.7 Å². The number of fused-ring (bicyclic) bond motifs is 1. The number of ether oxygens (including phenoxy) is 1. The third kappa shape index (κ3) is 3.90. The van der Waals surface area contributed by atoms with E-state index in [1.165, 1.54) is 4.90 Å². The lowest BCUT2D eigenvalue weighted by molar-refractivity contribution is -0.139. The number of anilines is 2. The zero-order valence-corrected chi connectivity index (χ0v) is 19.3. The van der Waals surface area contributed by atoms with Crippen molar-refractivity contribution in [3.63, 3.8) is 0 Å². The summed E-state index contributed by atoms with van der Waals surface area (Å²) in [5.74, 6) is -1.99. The number of rotatable bonds is 4. The number of imide groups is 1. The van der Waals surface area contributed by atoms with Gasteiger partial charge in [-0.1, -0.05) is 30.7 Å². The third-order valence-electron chi connectivity index (χ3n) is 6.78. The molecule has 3 amide bonds. The lowest BCUT2D eigenvalue weighted by Crippen LogP contribution is -2.31. The van der Waals surface area contributed by atoms with E-state index < -0.39 is 11.9 Å². The zero-order chi connectivity index (χ0) is 24.0. The molecule has 4 atom stereocenters. The van der Waals surface area contributed by atoms with Gasteiger partial charge in [0, 0.05) is 23.7 Å². The SMILES string of the molecule is C[C@@H]1C=CC[C@@H]2C(=O)N(c3ccc(OC(=O)[C@H]4CC(=O)N(c5ccc(Cl)cc5)C4)cc3)C(=O)[C@H]12. The molecular weight excluding hydrogens is 456 g/mol. The van der Waals surface area contributed by atoms with Crippen LogP contribution in [0.15, 0.2) is 60.7 Å². The highest BCUT2D eigenvalue weighted by Gasteiger charge is 2.50. The molecule has 0 N–H and O–H groups in total. The molecule has 34 heavy (non-hydrogen) atoms. The predicted octanol–water partition coefficient (Wildman–Crippen LogP) is 4.00. The summed E-state index contributed by atoms with van der Waals surface area (Å²) < 4.78 is 5.50. The van der Waals surface area contributed by atoms with Crippen molar-refractivity contribution in [1.82, 2.24) is 0 Å². The van der Waals surface area contributed by atoms with E-state index in [2.05, 4.69) is 0 Å². The van der Waals surface area contributed by atoms with Crippen LogP contribution in [0.4, 0.5) is 11.4 Å². The molecule has 2 aliphatic heterocycles. The second-order valence-corrected chi connectivity index (χ2v) is 9.40. The fourth-order valence-electron chi connectivity index (χ4n) is 5.00. The average molecular weight is 479 g/mol. The number of benzene rings is 2. The summed E-state index contributed by atoms with van der Waals surface area (Å²) in [7, 11) is 0. The van der Waals surface area contributed by atoms with Crippen molar-refractivity contribution in [3.05, 3.63) is 65.7 Å². The molecule has 3 aliphatic rings. The Morgan fingerprint density at radius 2 is 1.65 bits per heavy atom. The Hall–Kier alpha value is -3.45. The van der Waals surface area contributed by atoms with Gasteiger partial charge in [0.1, 0.15) is 5.75 Å². The fourth-order valence-corrected chi connectivity index (χ4v) is 5.13. The van der Waals surface area contributed by atoms with Gasteiger partial charge in [0.25, 0.3) is 0 Å². The molecule has 2 fully saturated rings. The average Bonchev–Trinajstić information content (AvgIpc) is 3.33. The van der Waals surface area contributed by atoms with Gasteiger partial charge in [-0.2, -0.15) is 0 Å². The van der Waals surface area contributed by atoms with Crippen LogP contribution in [-0.2, 0) is 19.2 Å². The molecule has 7 nitrogen and oxygen atoms in total. The zero-order valence-electron chi connectivity index (χ0n) is 18.5. The third-order valence-corrected chi connectivity index (χ3v) is 7.03. The van der Waals surface area contributed by atoms with Crippen molar-refractivity contribution in [2.45, 2.75) is 19.8 Å². The Balaban J connectivity index is 1.25. The van der Waals surface area contributed by atoms with E-state index in [0.29, 0.717) is 22.8 Å². The number of carbonyl (C=O) groups excluding carboxylic acids is 4. The summed E-state index contributed by atoms with van der Waals surface area (Å²) >= 11 is 5.91. The largest absolute Gasteiger partial charge is 0.426 e. The molecule has 0 saturated carbocycles. The minimum absolute atomic E-state index is 0.0157. The van der Waals surface area contributed by atoms with Crippen LogP contribution in [0, 0.1) is 23.7 Å². The van der Waals surface area contributed by atoms with Crippen LogP contribution in [0.1, 0.15) is 19.8 Å².